The molecule has 2 aromatic carbocycles. The number of rotatable bonds is 4. The molecule has 0 spiro atoms. The summed E-state index contributed by atoms with van der Waals surface area (Å²) in [5, 5.41) is 15.9. The Kier molecular flexibility index (Phi) is 4.02. The normalized spacial score (nSPS) is 20.3. The van der Waals surface area contributed by atoms with E-state index < -0.39 is 11.9 Å². The molecule has 0 saturated heterocycles. The summed E-state index contributed by atoms with van der Waals surface area (Å²) in [6.07, 6.45) is 0. The standard InChI is InChI=1S/C18H18N2O3/c1-12-16(18(21)22)17(13-6-4-3-5-7-13)20(19-12)14-8-10-15(23-2)11-9-14/h3-11,16-17H,1-2H3,(H,21,22). The summed E-state index contributed by atoms with van der Waals surface area (Å²) in [4.78, 5) is 11.7. The van der Waals surface area contributed by atoms with Crippen LogP contribution in [-0.2, 0) is 4.79 Å². The summed E-state index contributed by atoms with van der Waals surface area (Å²) in [5.41, 5.74) is 2.36. The molecule has 0 aromatic heterocycles. The predicted molar refractivity (Wildman–Crippen MR) is 88.9 cm³/mol. The topological polar surface area (TPSA) is 62.1 Å². The lowest BCUT2D eigenvalue weighted by Crippen LogP contribution is -2.30. The van der Waals surface area contributed by atoms with Gasteiger partial charge in [-0.25, -0.2) is 0 Å². The second kappa shape index (κ2) is 6.12. The van der Waals surface area contributed by atoms with E-state index in [1.165, 1.54) is 0 Å². The van der Waals surface area contributed by atoms with Crippen LogP contribution in [0.5, 0.6) is 5.75 Å². The molecule has 1 heterocycles. The molecule has 2 unspecified atom stereocenters. The van der Waals surface area contributed by atoms with E-state index in [4.69, 9.17) is 4.74 Å². The first-order valence-corrected chi connectivity index (χ1v) is 7.38. The third-order valence-corrected chi connectivity index (χ3v) is 4.04. The number of nitrogens with zero attached hydrogens (tertiary/aromatic N) is 2. The lowest BCUT2D eigenvalue weighted by Gasteiger charge is -2.26. The lowest BCUT2D eigenvalue weighted by molar-refractivity contribution is -0.139. The van der Waals surface area contributed by atoms with Gasteiger partial charge in [0.15, 0.2) is 0 Å². The molecule has 1 N–H and O–H groups in total. The van der Waals surface area contributed by atoms with Crippen molar-refractivity contribution in [3.8, 4) is 5.75 Å². The average molecular weight is 310 g/mol. The maximum atomic E-state index is 11.7. The van der Waals surface area contributed by atoms with Gasteiger partial charge in [-0.2, -0.15) is 5.10 Å². The number of benzene rings is 2. The smallest absolute Gasteiger partial charge is 0.314 e. The van der Waals surface area contributed by atoms with Gasteiger partial charge in [-0.05, 0) is 36.8 Å². The highest BCUT2D eigenvalue weighted by atomic mass is 16.5. The largest absolute Gasteiger partial charge is 0.497 e. The highest BCUT2D eigenvalue weighted by Crippen LogP contribution is 2.39. The van der Waals surface area contributed by atoms with Crippen LogP contribution >= 0.6 is 0 Å². The number of methoxy groups -OCH3 is 1. The van der Waals surface area contributed by atoms with Crippen molar-refractivity contribution in [2.75, 3.05) is 12.1 Å². The fraction of sp³-hybridized carbons (Fsp3) is 0.222. The number of anilines is 1. The fourth-order valence-corrected chi connectivity index (χ4v) is 2.91. The highest BCUT2D eigenvalue weighted by molar-refractivity contribution is 6.03. The summed E-state index contributed by atoms with van der Waals surface area (Å²) in [6, 6.07) is 16.7. The Morgan fingerprint density at radius 3 is 2.35 bits per heavy atom. The summed E-state index contributed by atoms with van der Waals surface area (Å²) in [7, 11) is 1.61. The van der Waals surface area contributed by atoms with Gasteiger partial charge in [0.2, 0.25) is 0 Å². The zero-order chi connectivity index (χ0) is 16.4. The van der Waals surface area contributed by atoms with E-state index in [9.17, 15) is 9.90 Å². The van der Waals surface area contributed by atoms with E-state index in [1.54, 1.807) is 19.0 Å². The maximum absolute atomic E-state index is 11.7. The number of carboxylic acids is 1. The molecule has 2 atom stereocenters. The van der Waals surface area contributed by atoms with Gasteiger partial charge in [0.05, 0.1) is 24.6 Å². The van der Waals surface area contributed by atoms with Crippen LogP contribution in [-0.4, -0.2) is 23.9 Å². The van der Waals surface area contributed by atoms with Crippen LogP contribution in [0.3, 0.4) is 0 Å². The van der Waals surface area contributed by atoms with Gasteiger partial charge >= 0.3 is 5.97 Å². The maximum Gasteiger partial charge on any atom is 0.314 e. The molecular formula is C18H18N2O3. The molecule has 3 rings (SSSR count). The molecule has 0 radical (unpaired) electrons. The third-order valence-electron chi connectivity index (χ3n) is 4.04. The molecule has 1 aliphatic rings. The number of ether oxygens (including phenoxy) is 1. The molecule has 0 fully saturated rings. The average Bonchev–Trinajstić information content (AvgIpc) is 2.93. The van der Waals surface area contributed by atoms with Crippen molar-refractivity contribution in [3.63, 3.8) is 0 Å². The summed E-state index contributed by atoms with van der Waals surface area (Å²) in [5.74, 6) is -0.782. The first-order valence-electron chi connectivity index (χ1n) is 7.38. The first-order chi connectivity index (χ1) is 11.1. The number of aliphatic carboxylic acids is 1. The van der Waals surface area contributed by atoms with Gasteiger partial charge in [-0.15, -0.1) is 0 Å². The molecule has 0 amide bonds. The summed E-state index contributed by atoms with van der Waals surface area (Å²) < 4.78 is 5.18. The third kappa shape index (κ3) is 2.77. The molecule has 0 bridgehead atoms. The lowest BCUT2D eigenvalue weighted by atomic mass is 9.90. The predicted octanol–water partition coefficient (Wildman–Crippen LogP) is 3.33. The van der Waals surface area contributed by atoms with Crippen molar-refractivity contribution >= 4 is 17.4 Å². The molecule has 0 aliphatic carbocycles. The Labute approximate surface area is 134 Å². The van der Waals surface area contributed by atoms with Gasteiger partial charge in [0.25, 0.3) is 0 Å². The van der Waals surface area contributed by atoms with Crippen LogP contribution in [0.25, 0.3) is 0 Å². The summed E-state index contributed by atoms with van der Waals surface area (Å²) in [6.45, 7) is 1.76. The van der Waals surface area contributed by atoms with E-state index in [0.29, 0.717) is 5.71 Å². The first kappa shape index (κ1) is 15.1. The minimum atomic E-state index is -0.865. The van der Waals surface area contributed by atoms with Crippen molar-refractivity contribution in [2.45, 2.75) is 13.0 Å². The zero-order valence-corrected chi connectivity index (χ0v) is 13.0. The van der Waals surface area contributed by atoms with Gasteiger partial charge in [-0.3, -0.25) is 9.80 Å². The Hall–Kier alpha value is -2.82. The molecule has 23 heavy (non-hydrogen) atoms. The fourth-order valence-electron chi connectivity index (χ4n) is 2.91. The van der Waals surface area contributed by atoms with Crippen LogP contribution in [0.4, 0.5) is 5.69 Å². The zero-order valence-electron chi connectivity index (χ0n) is 13.0. The minimum absolute atomic E-state index is 0.359. The van der Waals surface area contributed by atoms with Gasteiger partial charge < -0.3 is 9.84 Å². The van der Waals surface area contributed by atoms with Crippen LogP contribution in [0, 0.1) is 5.92 Å². The van der Waals surface area contributed by atoms with Crippen molar-refractivity contribution < 1.29 is 14.6 Å². The Balaban J connectivity index is 2.04. The SMILES string of the molecule is COc1ccc(N2N=C(C)C(C(=O)O)C2c2ccccc2)cc1. The van der Waals surface area contributed by atoms with Crippen molar-refractivity contribution in [1.82, 2.24) is 0 Å². The Bertz CT molecular complexity index is 726. The number of hydrogen-bond acceptors (Lipinski definition) is 4. The summed E-state index contributed by atoms with van der Waals surface area (Å²) >= 11 is 0. The molecule has 5 heteroatoms. The number of carboxylic acid groups (broad SMARTS) is 1. The van der Waals surface area contributed by atoms with Gasteiger partial charge in [0, 0.05) is 0 Å². The van der Waals surface area contributed by atoms with Crippen molar-refractivity contribution in [2.24, 2.45) is 11.0 Å². The van der Waals surface area contributed by atoms with Crippen molar-refractivity contribution in [3.05, 3.63) is 60.2 Å². The number of hydrazone groups is 1. The van der Waals surface area contributed by atoms with Crippen LogP contribution in [0.15, 0.2) is 59.7 Å². The van der Waals surface area contributed by atoms with Gasteiger partial charge in [0.1, 0.15) is 11.7 Å². The van der Waals surface area contributed by atoms with E-state index in [2.05, 4.69) is 5.10 Å². The molecule has 1 aliphatic heterocycles. The number of hydrogen-bond donors (Lipinski definition) is 1. The number of carbonyl (C=O) groups is 1. The Morgan fingerprint density at radius 2 is 1.78 bits per heavy atom. The quantitative estimate of drug-likeness (QED) is 0.941. The van der Waals surface area contributed by atoms with E-state index in [0.717, 1.165) is 17.0 Å². The monoisotopic (exact) mass is 310 g/mol. The molecule has 118 valence electrons. The van der Waals surface area contributed by atoms with E-state index in [1.807, 2.05) is 54.6 Å². The minimum Gasteiger partial charge on any atom is -0.497 e. The Morgan fingerprint density at radius 1 is 1.13 bits per heavy atom. The second-order valence-corrected chi connectivity index (χ2v) is 5.46. The molecule has 0 saturated carbocycles. The van der Waals surface area contributed by atoms with Gasteiger partial charge in [-0.1, -0.05) is 30.3 Å². The van der Waals surface area contributed by atoms with E-state index >= 15 is 0 Å². The van der Waals surface area contributed by atoms with Crippen molar-refractivity contribution in [1.29, 1.82) is 0 Å². The highest BCUT2D eigenvalue weighted by Gasteiger charge is 2.41. The van der Waals surface area contributed by atoms with Crippen LogP contribution in [0.1, 0.15) is 18.5 Å². The van der Waals surface area contributed by atoms with Crippen LogP contribution in [0.2, 0.25) is 0 Å². The second-order valence-electron chi connectivity index (χ2n) is 5.46. The molecule has 2 aromatic rings. The molecular weight excluding hydrogens is 292 g/mol. The van der Waals surface area contributed by atoms with Crippen LogP contribution < -0.4 is 9.75 Å². The molecule has 5 nitrogen and oxygen atoms in total. The van der Waals surface area contributed by atoms with E-state index in [-0.39, 0.29) is 6.04 Å².